The third kappa shape index (κ3) is 3.52. The number of rotatable bonds is 4. The van der Waals surface area contributed by atoms with Crippen molar-refractivity contribution in [1.29, 1.82) is 0 Å². The van der Waals surface area contributed by atoms with Gasteiger partial charge in [0.05, 0.1) is 4.90 Å². The van der Waals surface area contributed by atoms with Crippen LogP contribution >= 0.6 is 0 Å². The molecular formula is C22H19N3O3S. The van der Waals surface area contributed by atoms with E-state index in [9.17, 15) is 13.2 Å². The summed E-state index contributed by atoms with van der Waals surface area (Å²) in [6.45, 7) is 1.68. The van der Waals surface area contributed by atoms with Crippen molar-refractivity contribution >= 4 is 26.7 Å². The summed E-state index contributed by atoms with van der Waals surface area (Å²) in [5.41, 5.74) is 1.46. The molecule has 0 bridgehead atoms. The number of hydrogen-bond acceptors (Lipinski definition) is 4. The van der Waals surface area contributed by atoms with Crippen LogP contribution in [0, 0.1) is 6.92 Å². The number of aryl methyl sites for hydroxylation is 2. The van der Waals surface area contributed by atoms with E-state index in [0.29, 0.717) is 11.4 Å². The van der Waals surface area contributed by atoms with E-state index in [2.05, 4.69) is 9.71 Å². The number of fused-ring (bicyclic) bond motifs is 1. The minimum Gasteiger partial charge on any atom is -0.333 e. The molecule has 0 saturated carbocycles. The zero-order chi connectivity index (χ0) is 20.6. The average Bonchev–Trinajstić information content (AvgIpc) is 3.09. The second-order valence-corrected chi connectivity index (χ2v) is 8.44. The molecule has 29 heavy (non-hydrogen) atoms. The normalized spacial score (nSPS) is 11.5. The summed E-state index contributed by atoms with van der Waals surface area (Å²) in [6.07, 6.45) is 1.53. The third-order valence-corrected chi connectivity index (χ3v) is 6.24. The summed E-state index contributed by atoms with van der Waals surface area (Å²) in [5.74, 6) is -0.185. The molecule has 1 N–H and O–H groups in total. The number of nitrogens with one attached hydrogen (secondary N) is 1. The standard InChI is InChI=1S/C22H19N3O3S/c1-15-8-3-6-13-20(15)29(27,28)24-22(26)19-14-25(2)21(23-19)18-12-7-10-16-9-4-5-11-17(16)18/h3-14H,1-2H3,(H,24,26). The van der Waals surface area contributed by atoms with E-state index in [1.807, 2.05) is 42.5 Å². The Bertz CT molecular complexity index is 1340. The first kappa shape index (κ1) is 18.9. The van der Waals surface area contributed by atoms with Gasteiger partial charge in [-0.3, -0.25) is 4.79 Å². The first-order chi connectivity index (χ1) is 13.9. The first-order valence-electron chi connectivity index (χ1n) is 9.01. The van der Waals surface area contributed by atoms with E-state index >= 15 is 0 Å². The number of benzene rings is 3. The molecule has 0 radical (unpaired) electrons. The summed E-state index contributed by atoms with van der Waals surface area (Å²) >= 11 is 0. The maximum atomic E-state index is 12.6. The Labute approximate surface area is 168 Å². The largest absolute Gasteiger partial charge is 0.333 e. The average molecular weight is 405 g/mol. The van der Waals surface area contributed by atoms with Gasteiger partial charge in [-0.25, -0.2) is 18.1 Å². The predicted octanol–water partition coefficient (Wildman–Crippen LogP) is 3.67. The molecule has 0 atom stereocenters. The van der Waals surface area contributed by atoms with Crippen molar-refractivity contribution in [2.75, 3.05) is 0 Å². The molecule has 0 aliphatic heterocycles. The molecule has 0 aliphatic carbocycles. The van der Waals surface area contributed by atoms with E-state index < -0.39 is 15.9 Å². The minimum absolute atomic E-state index is 0.0348. The van der Waals surface area contributed by atoms with Gasteiger partial charge in [-0.05, 0) is 29.3 Å². The fourth-order valence-electron chi connectivity index (χ4n) is 3.33. The topological polar surface area (TPSA) is 81.1 Å². The van der Waals surface area contributed by atoms with Crippen molar-refractivity contribution in [1.82, 2.24) is 14.3 Å². The van der Waals surface area contributed by atoms with E-state index in [0.717, 1.165) is 16.3 Å². The van der Waals surface area contributed by atoms with Gasteiger partial charge < -0.3 is 4.57 Å². The molecule has 7 heteroatoms. The number of aromatic nitrogens is 2. The number of amides is 1. The SMILES string of the molecule is Cc1ccccc1S(=O)(=O)NC(=O)c1cn(C)c(-c2cccc3ccccc23)n1. The smallest absolute Gasteiger partial charge is 0.285 e. The lowest BCUT2D eigenvalue weighted by atomic mass is 10.0. The highest BCUT2D eigenvalue weighted by Gasteiger charge is 2.23. The van der Waals surface area contributed by atoms with Gasteiger partial charge in [0, 0.05) is 18.8 Å². The van der Waals surface area contributed by atoms with Gasteiger partial charge in [0.1, 0.15) is 11.5 Å². The molecule has 6 nitrogen and oxygen atoms in total. The highest BCUT2D eigenvalue weighted by atomic mass is 32.2. The number of nitrogens with zero attached hydrogens (tertiary/aromatic N) is 2. The van der Waals surface area contributed by atoms with E-state index in [4.69, 9.17) is 0 Å². The zero-order valence-corrected chi connectivity index (χ0v) is 16.8. The fourth-order valence-corrected chi connectivity index (χ4v) is 4.54. The van der Waals surface area contributed by atoms with E-state index in [1.165, 1.54) is 12.3 Å². The lowest BCUT2D eigenvalue weighted by Gasteiger charge is -2.08. The van der Waals surface area contributed by atoms with Gasteiger partial charge in [0.15, 0.2) is 0 Å². The van der Waals surface area contributed by atoms with Crippen LogP contribution in [0.3, 0.4) is 0 Å². The monoisotopic (exact) mass is 405 g/mol. The van der Waals surface area contributed by atoms with Crippen LogP contribution in [0.1, 0.15) is 16.1 Å². The van der Waals surface area contributed by atoms with Gasteiger partial charge in [0.25, 0.3) is 15.9 Å². The summed E-state index contributed by atoms with van der Waals surface area (Å²) in [4.78, 5) is 17.1. The molecule has 3 aromatic carbocycles. The van der Waals surface area contributed by atoms with Crippen LogP contribution in [0.5, 0.6) is 0 Å². The number of carbonyl (C=O) groups excluding carboxylic acids is 1. The quantitative estimate of drug-likeness (QED) is 0.562. The van der Waals surface area contributed by atoms with Crippen molar-refractivity contribution in [3.8, 4) is 11.4 Å². The molecule has 0 fully saturated rings. The van der Waals surface area contributed by atoms with Crippen LogP contribution in [0.2, 0.25) is 0 Å². The molecule has 0 unspecified atom stereocenters. The Kier molecular flexibility index (Phi) is 4.68. The Morgan fingerprint density at radius 2 is 1.66 bits per heavy atom. The van der Waals surface area contributed by atoms with Crippen LogP contribution in [0.4, 0.5) is 0 Å². The minimum atomic E-state index is -3.99. The number of hydrogen-bond donors (Lipinski definition) is 1. The first-order valence-corrected chi connectivity index (χ1v) is 10.5. The fraction of sp³-hybridized carbons (Fsp3) is 0.0909. The van der Waals surface area contributed by atoms with Gasteiger partial charge in [0.2, 0.25) is 0 Å². The van der Waals surface area contributed by atoms with Crippen molar-refractivity contribution in [2.24, 2.45) is 7.05 Å². The molecule has 4 rings (SSSR count). The highest BCUT2D eigenvalue weighted by Crippen LogP contribution is 2.27. The van der Waals surface area contributed by atoms with Crippen molar-refractivity contribution in [3.05, 3.63) is 84.2 Å². The van der Waals surface area contributed by atoms with Gasteiger partial charge in [-0.15, -0.1) is 0 Å². The Morgan fingerprint density at radius 3 is 2.45 bits per heavy atom. The maximum absolute atomic E-state index is 12.6. The molecule has 1 aromatic heterocycles. The Morgan fingerprint density at radius 1 is 0.966 bits per heavy atom. The molecule has 0 saturated heterocycles. The number of imidazole rings is 1. The van der Waals surface area contributed by atoms with Crippen molar-refractivity contribution < 1.29 is 13.2 Å². The zero-order valence-electron chi connectivity index (χ0n) is 16.0. The molecule has 0 aliphatic rings. The molecule has 0 spiro atoms. The van der Waals surface area contributed by atoms with Gasteiger partial charge in [-0.2, -0.15) is 0 Å². The van der Waals surface area contributed by atoms with Crippen LogP contribution in [-0.2, 0) is 17.1 Å². The maximum Gasteiger partial charge on any atom is 0.285 e. The summed E-state index contributed by atoms with van der Waals surface area (Å²) < 4.78 is 29.0. The predicted molar refractivity (Wildman–Crippen MR) is 112 cm³/mol. The summed E-state index contributed by atoms with van der Waals surface area (Å²) in [5, 5.41) is 2.06. The van der Waals surface area contributed by atoms with Crippen molar-refractivity contribution in [3.63, 3.8) is 0 Å². The number of carbonyl (C=O) groups is 1. The summed E-state index contributed by atoms with van der Waals surface area (Å²) in [6, 6.07) is 20.2. The van der Waals surface area contributed by atoms with Crippen molar-refractivity contribution in [2.45, 2.75) is 11.8 Å². The molecule has 1 heterocycles. The second-order valence-electron chi connectivity index (χ2n) is 6.79. The van der Waals surface area contributed by atoms with Crippen LogP contribution in [0.25, 0.3) is 22.2 Å². The van der Waals surface area contributed by atoms with Gasteiger partial charge in [-0.1, -0.05) is 60.7 Å². The summed E-state index contributed by atoms with van der Waals surface area (Å²) in [7, 11) is -2.22. The van der Waals surface area contributed by atoms with Crippen LogP contribution < -0.4 is 4.72 Å². The molecule has 146 valence electrons. The van der Waals surface area contributed by atoms with Gasteiger partial charge >= 0.3 is 0 Å². The third-order valence-electron chi connectivity index (χ3n) is 4.75. The highest BCUT2D eigenvalue weighted by molar-refractivity contribution is 7.90. The van der Waals surface area contributed by atoms with E-state index in [1.54, 1.807) is 36.7 Å². The van der Waals surface area contributed by atoms with Crippen LogP contribution in [-0.4, -0.2) is 23.9 Å². The molecule has 1 amide bonds. The van der Waals surface area contributed by atoms with Crippen LogP contribution in [0.15, 0.2) is 77.8 Å². The number of sulfonamides is 1. The second kappa shape index (κ2) is 7.18. The Balaban J connectivity index is 1.69. The Hall–Kier alpha value is -3.45. The van der Waals surface area contributed by atoms with E-state index in [-0.39, 0.29) is 10.6 Å². The lowest BCUT2D eigenvalue weighted by Crippen LogP contribution is -2.31. The lowest BCUT2D eigenvalue weighted by molar-refractivity contribution is 0.0977. The molecular weight excluding hydrogens is 386 g/mol. The molecule has 4 aromatic rings.